The molecule has 1 aromatic rings. The Kier molecular flexibility index (Phi) is 4.89. The number of rotatable bonds is 5. The predicted molar refractivity (Wildman–Crippen MR) is 79.1 cm³/mol. The van der Waals surface area contributed by atoms with Crippen molar-refractivity contribution in [2.45, 2.75) is 28.7 Å². The number of sulfonamides is 1. The Bertz CT molecular complexity index is 531. The summed E-state index contributed by atoms with van der Waals surface area (Å²) in [4.78, 5) is 1.38. The molecule has 19 heavy (non-hydrogen) atoms. The number of nitrogens with one attached hydrogen (secondary N) is 1. The molecule has 6 heteroatoms. The maximum absolute atomic E-state index is 12.7. The van der Waals surface area contributed by atoms with Crippen molar-refractivity contribution in [1.29, 1.82) is 0 Å². The van der Waals surface area contributed by atoms with Gasteiger partial charge in [0.1, 0.15) is 0 Å². The van der Waals surface area contributed by atoms with Crippen LogP contribution in [-0.4, -0.2) is 45.2 Å². The monoisotopic (exact) mass is 300 g/mol. The largest absolute Gasteiger partial charge is 0.318 e. The van der Waals surface area contributed by atoms with Crippen molar-refractivity contribution >= 4 is 21.8 Å². The molecular weight excluding hydrogens is 280 g/mol. The van der Waals surface area contributed by atoms with Crippen LogP contribution in [0.4, 0.5) is 0 Å². The Morgan fingerprint density at radius 3 is 2.95 bits per heavy atom. The first-order valence-corrected chi connectivity index (χ1v) is 9.06. The van der Waals surface area contributed by atoms with E-state index < -0.39 is 10.0 Å². The molecule has 1 unspecified atom stereocenters. The predicted octanol–water partition coefficient (Wildman–Crippen LogP) is 1.78. The summed E-state index contributed by atoms with van der Waals surface area (Å²) in [6.07, 6.45) is 3.82. The average Bonchev–Trinajstić information content (AvgIpc) is 2.88. The number of benzene rings is 1. The van der Waals surface area contributed by atoms with E-state index >= 15 is 0 Å². The molecular formula is C13H20N2O2S2. The fraction of sp³-hybridized carbons (Fsp3) is 0.538. The molecule has 1 N–H and O–H groups in total. The lowest BCUT2D eigenvalue weighted by molar-refractivity contribution is 0.379. The number of thioether (sulfide) groups is 1. The normalized spacial score (nSPS) is 20.8. The molecule has 1 atom stereocenters. The van der Waals surface area contributed by atoms with Crippen LogP contribution in [0.15, 0.2) is 34.1 Å². The molecule has 1 fully saturated rings. The van der Waals surface area contributed by atoms with E-state index in [4.69, 9.17) is 0 Å². The molecule has 0 aliphatic carbocycles. The molecule has 0 bridgehead atoms. The molecule has 0 spiro atoms. The number of hydrogen-bond donors (Lipinski definition) is 1. The first kappa shape index (κ1) is 14.8. The van der Waals surface area contributed by atoms with Gasteiger partial charge in [-0.3, -0.25) is 0 Å². The second-order valence-corrected chi connectivity index (χ2v) is 7.42. The minimum Gasteiger partial charge on any atom is -0.318 e. The highest BCUT2D eigenvalue weighted by Gasteiger charge is 2.34. The Balaban J connectivity index is 2.30. The van der Waals surface area contributed by atoms with Crippen molar-refractivity contribution in [3.05, 3.63) is 24.3 Å². The molecule has 1 heterocycles. The van der Waals surface area contributed by atoms with E-state index in [0.717, 1.165) is 17.7 Å². The first-order chi connectivity index (χ1) is 9.09. The van der Waals surface area contributed by atoms with Crippen molar-refractivity contribution in [3.63, 3.8) is 0 Å². The molecule has 0 radical (unpaired) electrons. The summed E-state index contributed by atoms with van der Waals surface area (Å²) in [6.45, 7) is 1.33. The van der Waals surface area contributed by atoms with Gasteiger partial charge < -0.3 is 5.32 Å². The SMILES string of the molecule is CNCC1CCCN1S(=O)(=O)c1cccc(SC)c1. The highest BCUT2D eigenvalue weighted by atomic mass is 32.2. The minimum atomic E-state index is -3.36. The standard InChI is InChI=1S/C13H20N2O2S2/c1-14-10-11-5-4-8-15(11)19(16,17)13-7-3-6-12(9-13)18-2/h3,6-7,9,11,14H,4-5,8,10H2,1-2H3. The Morgan fingerprint density at radius 2 is 2.26 bits per heavy atom. The van der Waals surface area contributed by atoms with Crippen molar-refractivity contribution in [3.8, 4) is 0 Å². The third-order valence-electron chi connectivity index (χ3n) is 3.41. The minimum absolute atomic E-state index is 0.0768. The van der Waals surface area contributed by atoms with Gasteiger partial charge in [0.05, 0.1) is 4.90 Å². The highest BCUT2D eigenvalue weighted by Crippen LogP contribution is 2.27. The summed E-state index contributed by atoms with van der Waals surface area (Å²) >= 11 is 1.56. The summed E-state index contributed by atoms with van der Waals surface area (Å²) < 4.78 is 27.0. The zero-order valence-corrected chi connectivity index (χ0v) is 12.9. The molecule has 1 aliphatic rings. The van der Waals surface area contributed by atoms with Crippen LogP contribution in [0, 0.1) is 0 Å². The van der Waals surface area contributed by atoms with Gasteiger partial charge in [-0.05, 0) is 44.3 Å². The van der Waals surface area contributed by atoms with Gasteiger partial charge >= 0.3 is 0 Å². The lowest BCUT2D eigenvalue weighted by Gasteiger charge is -2.24. The summed E-state index contributed by atoms with van der Waals surface area (Å²) in [7, 11) is -1.50. The molecule has 1 aromatic carbocycles. The molecule has 0 amide bonds. The Morgan fingerprint density at radius 1 is 1.47 bits per heavy atom. The van der Waals surface area contributed by atoms with Crippen LogP contribution in [0.1, 0.15) is 12.8 Å². The molecule has 1 saturated heterocycles. The molecule has 106 valence electrons. The van der Waals surface area contributed by atoms with Crippen LogP contribution in [0.25, 0.3) is 0 Å². The Hall–Kier alpha value is -0.560. The van der Waals surface area contributed by atoms with E-state index in [-0.39, 0.29) is 6.04 Å². The molecule has 0 aromatic heterocycles. The van der Waals surface area contributed by atoms with Crippen molar-refractivity contribution < 1.29 is 8.42 Å². The summed E-state index contributed by atoms with van der Waals surface area (Å²) in [5.74, 6) is 0. The smallest absolute Gasteiger partial charge is 0.243 e. The average molecular weight is 300 g/mol. The molecule has 4 nitrogen and oxygen atoms in total. The molecule has 2 rings (SSSR count). The van der Waals surface area contributed by atoms with Gasteiger partial charge in [0.2, 0.25) is 10.0 Å². The van der Waals surface area contributed by atoms with E-state index in [9.17, 15) is 8.42 Å². The second-order valence-electron chi connectivity index (χ2n) is 4.65. The maximum atomic E-state index is 12.7. The zero-order valence-electron chi connectivity index (χ0n) is 11.3. The van der Waals surface area contributed by atoms with Crippen LogP contribution in [0.3, 0.4) is 0 Å². The van der Waals surface area contributed by atoms with Gasteiger partial charge in [0.15, 0.2) is 0 Å². The van der Waals surface area contributed by atoms with E-state index in [1.165, 1.54) is 0 Å². The van der Waals surface area contributed by atoms with E-state index in [2.05, 4.69) is 5.32 Å². The summed E-state index contributed by atoms with van der Waals surface area (Å²) in [6, 6.07) is 7.26. The van der Waals surface area contributed by atoms with Gasteiger partial charge in [-0.25, -0.2) is 8.42 Å². The number of hydrogen-bond acceptors (Lipinski definition) is 4. The van der Waals surface area contributed by atoms with Crippen molar-refractivity contribution in [1.82, 2.24) is 9.62 Å². The quantitative estimate of drug-likeness (QED) is 0.842. The third kappa shape index (κ3) is 3.13. The Labute approximate surface area is 119 Å². The van der Waals surface area contributed by atoms with Crippen LogP contribution in [-0.2, 0) is 10.0 Å². The van der Waals surface area contributed by atoms with E-state index in [1.54, 1.807) is 28.2 Å². The summed E-state index contributed by atoms with van der Waals surface area (Å²) in [5, 5.41) is 3.08. The lowest BCUT2D eigenvalue weighted by Crippen LogP contribution is -2.40. The molecule has 0 saturated carbocycles. The van der Waals surface area contributed by atoms with Crippen LogP contribution >= 0.6 is 11.8 Å². The number of likely N-dealkylation sites (N-methyl/N-ethyl adjacent to an activating group) is 1. The first-order valence-electron chi connectivity index (χ1n) is 6.40. The van der Waals surface area contributed by atoms with Crippen molar-refractivity contribution in [2.75, 3.05) is 26.4 Å². The van der Waals surface area contributed by atoms with Crippen molar-refractivity contribution in [2.24, 2.45) is 0 Å². The van der Waals surface area contributed by atoms with Gasteiger partial charge in [-0.2, -0.15) is 4.31 Å². The highest BCUT2D eigenvalue weighted by molar-refractivity contribution is 7.98. The van der Waals surface area contributed by atoms with E-state index in [0.29, 0.717) is 18.0 Å². The van der Waals surface area contributed by atoms with Gasteiger partial charge in [0, 0.05) is 24.0 Å². The van der Waals surface area contributed by atoms with Crippen LogP contribution in [0.5, 0.6) is 0 Å². The van der Waals surface area contributed by atoms with E-state index in [1.807, 2.05) is 25.4 Å². The van der Waals surface area contributed by atoms with Gasteiger partial charge in [-0.15, -0.1) is 11.8 Å². The second kappa shape index (κ2) is 6.26. The van der Waals surface area contributed by atoms with Gasteiger partial charge in [-0.1, -0.05) is 6.07 Å². The topological polar surface area (TPSA) is 49.4 Å². The van der Waals surface area contributed by atoms with Gasteiger partial charge in [0.25, 0.3) is 0 Å². The maximum Gasteiger partial charge on any atom is 0.243 e. The lowest BCUT2D eigenvalue weighted by atomic mass is 10.2. The van der Waals surface area contributed by atoms with Crippen LogP contribution in [0.2, 0.25) is 0 Å². The molecule has 1 aliphatic heterocycles. The number of nitrogens with zero attached hydrogens (tertiary/aromatic N) is 1. The summed E-state index contributed by atoms with van der Waals surface area (Å²) in [5.41, 5.74) is 0. The van der Waals surface area contributed by atoms with Crippen LogP contribution < -0.4 is 5.32 Å². The fourth-order valence-corrected chi connectivity index (χ4v) is 4.74. The third-order valence-corrected chi connectivity index (χ3v) is 6.08. The zero-order chi connectivity index (χ0) is 13.9. The fourth-order valence-electron chi connectivity index (χ4n) is 2.46.